The Morgan fingerprint density at radius 1 is 0.833 bits per heavy atom. The van der Waals surface area contributed by atoms with Gasteiger partial charge in [0.25, 0.3) is 0 Å². The first-order chi connectivity index (χ1) is 26.0. The lowest BCUT2D eigenvalue weighted by Gasteiger charge is -2.28. The molecule has 2 aromatic heterocycles. The van der Waals surface area contributed by atoms with E-state index in [1.807, 2.05) is 55.9 Å². The summed E-state index contributed by atoms with van der Waals surface area (Å²) in [6.45, 7) is 5.34. The summed E-state index contributed by atoms with van der Waals surface area (Å²) >= 11 is 0. The highest BCUT2D eigenvalue weighted by Gasteiger charge is 2.32. The number of hydrogen-bond donors (Lipinski definition) is 5. The number of benzene rings is 1. The Morgan fingerprint density at radius 2 is 1.54 bits per heavy atom. The van der Waals surface area contributed by atoms with Crippen LogP contribution in [0.4, 0.5) is 4.79 Å². The number of likely N-dealkylation sites (tertiary alicyclic amines) is 1. The summed E-state index contributed by atoms with van der Waals surface area (Å²) in [5.41, 5.74) is 2.32. The summed E-state index contributed by atoms with van der Waals surface area (Å²) in [5.74, 6) is -1.75. The SMILES string of the molecule is CC(C)CC(NC(=O)N1CCCCCC1)C(=O)NC(Cc1cn(C)c2ccccc12)C(=O)N[C@H](Cc1ccccn1)C(=O)OCCOCCCON(O)O. The summed E-state index contributed by atoms with van der Waals surface area (Å²) in [6.07, 6.45) is 8.28. The summed E-state index contributed by atoms with van der Waals surface area (Å²) in [6, 6.07) is 9.54. The molecule has 5 N–H and O–H groups in total. The van der Waals surface area contributed by atoms with Crippen molar-refractivity contribution in [2.24, 2.45) is 13.0 Å². The number of aromatic nitrogens is 2. The van der Waals surface area contributed by atoms with Gasteiger partial charge < -0.3 is 34.9 Å². The van der Waals surface area contributed by atoms with Crippen molar-refractivity contribution in [3.63, 3.8) is 0 Å². The molecule has 296 valence electrons. The Morgan fingerprint density at radius 3 is 2.24 bits per heavy atom. The molecule has 2 unspecified atom stereocenters. The number of carbonyl (C=O) groups is 4. The number of esters is 1. The van der Waals surface area contributed by atoms with Crippen LogP contribution in [-0.4, -0.2) is 112 Å². The molecule has 54 heavy (non-hydrogen) atoms. The van der Waals surface area contributed by atoms with Crippen LogP contribution in [0.25, 0.3) is 10.9 Å². The van der Waals surface area contributed by atoms with E-state index >= 15 is 0 Å². The van der Waals surface area contributed by atoms with E-state index in [0.717, 1.165) is 42.1 Å². The molecule has 0 radical (unpaired) electrons. The standard InChI is InChI=1S/C38H55N7O9/c1-27(2)23-31(42-38(49)44-17-10-4-5-11-18-44)35(46)40-32(24-28-26-43(3)34-15-7-6-14-30(28)34)36(47)41-33(25-29-13-8-9-16-39-29)37(48)53-22-21-52-19-12-20-54-45(50)51/h6-9,13-16,26-27,31-33,50-51H,4-5,10-12,17-25H2,1-3H3,(H,40,46)(H,41,47)(H,42,49)/t31?,32?,33-/m1/s1. The summed E-state index contributed by atoms with van der Waals surface area (Å²) < 4.78 is 12.9. The number of rotatable bonds is 20. The predicted octanol–water partition coefficient (Wildman–Crippen LogP) is 3.29. The van der Waals surface area contributed by atoms with Gasteiger partial charge >= 0.3 is 12.0 Å². The molecule has 1 saturated heterocycles. The molecular formula is C38H55N7O9. The van der Waals surface area contributed by atoms with Gasteiger partial charge in [-0.15, -0.1) is 0 Å². The predicted molar refractivity (Wildman–Crippen MR) is 198 cm³/mol. The van der Waals surface area contributed by atoms with Gasteiger partial charge in [0.15, 0.2) is 0 Å². The number of aryl methyl sites for hydroxylation is 1. The molecule has 1 aliphatic heterocycles. The molecule has 4 amide bonds. The number of nitrogens with one attached hydrogen (secondary N) is 3. The zero-order valence-electron chi connectivity index (χ0n) is 31.4. The molecule has 1 aromatic carbocycles. The third-order valence-electron chi connectivity index (χ3n) is 9.10. The van der Waals surface area contributed by atoms with E-state index in [-0.39, 0.29) is 56.6 Å². The van der Waals surface area contributed by atoms with Crippen LogP contribution in [0.5, 0.6) is 0 Å². The quantitative estimate of drug-likeness (QED) is 0.0645. The lowest BCUT2D eigenvalue weighted by atomic mass is 10.0. The molecule has 4 rings (SSSR count). The Hall–Kier alpha value is -4.61. The molecule has 0 aliphatic carbocycles. The number of pyridine rings is 1. The highest BCUT2D eigenvalue weighted by atomic mass is 17.1. The maximum absolute atomic E-state index is 14.3. The molecule has 0 saturated carbocycles. The Labute approximate surface area is 316 Å². The van der Waals surface area contributed by atoms with Gasteiger partial charge in [0.2, 0.25) is 11.8 Å². The van der Waals surface area contributed by atoms with E-state index in [1.165, 1.54) is 0 Å². The van der Waals surface area contributed by atoms with Crippen LogP contribution in [0.1, 0.15) is 63.6 Å². The monoisotopic (exact) mass is 753 g/mol. The average Bonchev–Trinajstić information content (AvgIpc) is 3.28. The van der Waals surface area contributed by atoms with Crippen molar-refractivity contribution in [3.05, 3.63) is 66.1 Å². The first-order valence-electron chi connectivity index (χ1n) is 18.7. The number of fused-ring (bicyclic) bond motifs is 1. The van der Waals surface area contributed by atoms with Crippen LogP contribution in [0.2, 0.25) is 0 Å². The van der Waals surface area contributed by atoms with Crippen LogP contribution >= 0.6 is 0 Å². The van der Waals surface area contributed by atoms with Crippen LogP contribution in [0.15, 0.2) is 54.9 Å². The molecule has 0 spiro atoms. The number of para-hydroxylation sites is 1. The second-order valence-corrected chi connectivity index (χ2v) is 13.9. The van der Waals surface area contributed by atoms with Gasteiger partial charge in [-0.05, 0) is 55.4 Å². The number of urea groups is 1. The number of hydrogen-bond acceptors (Lipinski definition) is 11. The fraction of sp³-hybridized carbons (Fsp3) is 0.553. The summed E-state index contributed by atoms with van der Waals surface area (Å²) in [5, 5.41) is 26.4. The molecule has 3 atom stereocenters. The van der Waals surface area contributed by atoms with E-state index in [2.05, 4.69) is 25.8 Å². The van der Waals surface area contributed by atoms with E-state index < -0.39 is 35.9 Å². The Kier molecular flexibility index (Phi) is 17.1. The number of nitrogens with zero attached hydrogens (tertiary/aromatic N) is 4. The molecule has 3 heterocycles. The number of ether oxygens (including phenoxy) is 2. The second kappa shape index (κ2) is 21.9. The largest absolute Gasteiger partial charge is 0.462 e. The van der Waals surface area contributed by atoms with Crippen LogP contribution in [-0.2, 0) is 48.6 Å². The van der Waals surface area contributed by atoms with Gasteiger partial charge in [0.05, 0.1) is 18.6 Å². The second-order valence-electron chi connectivity index (χ2n) is 13.9. The minimum atomic E-state index is -1.15. The fourth-order valence-electron chi connectivity index (χ4n) is 6.41. The van der Waals surface area contributed by atoms with Crippen molar-refractivity contribution in [1.29, 1.82) is 0 Å². The van der Waals surface area contributed by atoms with Crippen LogP contribution in [0, 0.1) is 5.92 Å². The third-order valence-corrected chi connectivity index (χ3v) is 9.10. The zero-order valence-corrected chi connectivity index (χ0v) is 31.4. The molecule has 1 fully saturated rings. The third kappa shape index (κ3) is 13.7. The highest BCUT2D eigenvalue weighted by molar-refractivity contribution is 5.94. The Bertz CT molecular complexity index is 1630. The van der Waals surface area contributed by atoms with Crippen molar-refractivity contribution < 1.29 is 43.9 Å². The Balaban J connectivity index is 1.52. The molecule has 16 nitrogen and oxygen atoms in total. The number of carbonyl (C=O) groups excluding carboxylic acids is 4. The van der Waals surface area contributed by atoms with Crippen LogP contribution in [0.3, 0.4) is 0 Å². The van der Waals surface area contributed by atoms with Crippen molar-refractivity contribution in [2.75, 3.05) is 39.5 Å². The first kappa shape index (κ1) is 42.1. The minimum Gasteiger partial charge on any atom is -0.462 e. The lowest BCUT2D eigenvalue weighted by Crippen LogP contribution is -2.58. The van der Waals surface area contributed by atoms with Crippen molar-refractivity contribution in [3.8, 4) is 0 Å². The zero-order chi connectivity index (χ0) is 38.9. The summed E-state index contributed by atoms with van der Waals surface area (Å²) in [4.78, 5) is 65.7. The normalized spacial score (nSPS) is 15.1. The van der Waals surface area contributed by atoms with Crippen molar-refractivity contribution in [1.82, 2.24) is 35.8 Å². The lowest BCUT2D eigenvalue weighted by molar-refractivity contribution is -0.492. The molecule has 16 heteroatoms. The smallest absolute Gasteiger partial charge is 0.329 e. The van der Waals surface area contributed by atoms with Gasteiger partial charge in [0.1, 0.15) is 24.7 Å². The van der Waals surface area contributed by atoms with Crippen molar-refractivity contribution >= 4 is 34.7 Å². The molecule has 3 aromatic rings. The first-order valence-corrected chi connectivity index (χ1v) is 18.7. The maximum atomic E-state index is 14.3. The van der Waals surface area contributed by atoms with Gasteiger partial charge in [0, 0.05) is 68.6 Å². The van der Waals surface area contributed by atoms with Gasteiger partial charge in [-0.2, -0.15) is 0 Å². The van der Waals surface area contributed by atoms with E-state index in [1.54, 1.807) is 29.3 Å². The topological polar surface area (TPSA) is 197 Å². The molecule has 0 bridgehead atoms. The van der Waals surface area contributed by atoms with E-state index in [4.69, 9.17) is 19.9 Å². The van der Waals surface area contributed by atoms with Crippen molar-refractivity contribution in [2.45, 2.75) is 83.3 Å². The summed E-state index contributed by atoms with van der Waals surface area (Å²) in [7, 11) is 1.91. The van der Waals surface area contributed by atoms with Crippen LogP contribution < -0.4 is 16.0 Å². The van der Waals surface area contributed by atoms with Gasteiger partial charge in [-0.3, -0.25) is 29.8 Å². The minimum absolute atomic E-state index is 0.00444. The van der Waals surface area contributed by atoms with E-state index in [0.29, 0.717) is 31.6 Å². The fourth-order valence-corrected chi connectivity index (χ4v) is 6.41. The molecule has 1 aliphatic rings. The molecular weight excluding hydrogens is 698 g/mol. The van der Waals surface area contributed by atoms with E-state index in [9.17, 15) is 19.2 Å². The number of amides is 4. The maximum Gasteiger partial charge on any atom is 0.329 e. The van der Waals surface area contributed by atoms with Gasteiger partial charge in [-0.25, -0.2) is 9.59 Å². The highest BCUT2D eigenvalue weighted by Crippen LogP contribution is 2.22. The average molecular weight is 754 g/mol. The van der Waals surface area contributed by atoms with Gasteiger partial charge in [-0.1, -0.05) is 51.0 Å².